The Morgan fingerprint density at radius 3 is 2.62 bits per heavy atom. The molecular weight excluding hydrogens is 275 g/mol. The monoisotopic (exact) mass is 294 g/mol. The SMILES string of the molecule is CC(O)c1ccc2[nH]c(CN(C)C)c(CC(=O)O)c2c1F. The Morgan fingerprint density at radius 2 is 2.10 bits per heavy atom. The van der Waals surface area contributed by atoms with Crippen LogP contribution in [0.15, 0.2) is 12.1 Å². The topological polar surface area (TPSA) is 76.6 Å². The van der Waals surface area contributed by atoms with Crippen molar-refractivity contribution < 1.29 is 19.4 Å². The number of aliphatic hydroxyl groups excluding tert-OH is 1. The van der Waals surface area contributed by atoms with Gasteiger partial charge in [-0.15, -0.1) is 0 Å². The maximum atomic E-state index is 14.6. The molecule has 114 valence electrons. The summed E-state index contributed by atoms with van der Waals surface area (Å²) < 4.78 is 14.6. The zero-order valence-corrected chi connectivity index (χ0v) is 12.3. The molecule has 1 unspecified atom stereocenters. The number of hydrogen-bond donors (Lipinski definition) is 3. The fourth-order valence-electron chi connectivity index (χ4n) is 2.50. The molecule has 2 aromatic rings. The predicted octanol–water partition coefficient (Wildman–Crippen LogP) is 2.05. The number of carboxylic acids is 1. The molecule has 1 aromatic carbocycles. The Balaban J connectivity index is 2.70. The molecule has 0 bridgehead atoms. The van der Waals surface area contributed by atoms with Gasteiger partial charge in [0, 0.05) is 28.7 Å². The zero-order chi connectivity index (χ0) is 15.7. The minimum Gasteiger partial charge on any atom is -0.481 e. The fraction of sp³-hybridized carbons (Fsp3) is 0.400. The van der Waals surface area contributed by atoms with Gasteiger partial charge in [-0.2, -0.15) is 0 Å². The first-order valence-corrected chi connectivity index (χ1v) is 6.67. The van der Waals surface area contributed by atoms with Crippen LogP contribution in [0.25, 0.3) is 10.9 Å². The Bertz CT molecular complexity index is 677. The Kier molecular flexibility index (Phi) is 4.29. The molecule has 6 heteroatoms. The summed E-state index contributed by atoms with van der Waals surface area (Å²) >= 11 is 0. The van der Waals surface area contributed by atoms with Crippen LogP contribution in [0.3, 0.4) is 0 Å². The van der Waals surface area contributed by atoms with E-state index in [1.165, 1.54) is 13.0 Å². The van der Waals surface area contributed by atoms with E-state index >= 15 is 0 Å². The predicted molar refractivity (Wildman–Crippen MR) is 77.6 cm³/mol. The lowest BCUT2D eigenvalue weighted by atomic mass is 10.0. The second kappa shape index (κ2) is 5.83. The van der Waals surface area contributed by atoms with Crippen LogP contribution in [0, 0.1) is 5.82 Å². The van der Waals surface area contributed by atoms with Gasteiger partial charge >= 0.3 is 5.97 Å². The number of carbonyl (C=O) groups is 1. The summed E-state index contributed by atoms with van der Waals surface area (Å²) in [5, 5.41) is 18.9. The Morgan fingerprint density at radius 1 is 1.43 bits per heavy atom. The summed E-state index contributed by atoms with van der Waals surface area (Å²) in [6.45, 7) is 1.97. The summed E-state index contributed by atoms with van der Waals surface area (Å²) in [5.74, 6) is -1.57. The number of aromatic amines is 1. The number of halogens is 1. The molecule has 0 aliphatic rings. The number of fused-ring (bicyclic) bond motifs is 1. The van der Waals surface area contributed by atoms with Crippen LogP contribution in [0.2, 0.25) is 0 Å². The molecule has 5 nitrogen and oxygen atoms in total. The first kappa shape index (κ1) is 15.5. The van der Waals surface area contributed by atoms with Gasteiger partial charge in [-0.3, -0.25) is 4.79 Å². The van der Waals surface area contributed by atoms with Crippen LogP contribution in [0.5, 0.6) is 0 Å². The minimum atomic E-state index is -1.02. The third-order valence-corrected chi connectivity index (χ3v) is 3.38. The van der Waals surface area contributed by atoms with E-state index in [0.717, 1.165) is 0 Å². The molecule has 0 saturated carbocycles. The zero-order valence-electron chi connectivity index (χ0n) is 12.3. The molecule has 1 atom stereocenters. The van der Waals surface area contributed by atoms with Crippen LogP contribution in [-0.4, -0.2) is 40.2 Å². The molecule has 0 amide bonds. The number of hydrogen-bond acceptors (Lipinski definition) is 3. The van der Waals surface area contributed by atoms with E-state index in [0.29, 0.717) is 23.3 Å². The molecule has 1 aromatic heterocycles. The summed E-state index contributed by atoms with van der Waals surface area (Å²) in [6.07, 6.45) is -1.21. The summed E-state index contributed by atoms with van der Waals surface area (Å²) in [5.41, 5.74) is 1.83. The maximum absolute atomic E-state index is 14.6. The third-order valence-electron chi connectivity index (χ3n) is 3.38. The normalized spacial score (nSPS) is 13.0. The first-order chi connectivity index (χ1) is 9.81. The van der Waals surface area contributed by atoms with Crippen LogP contribution in [0.4, 0.5) is 4.39 Å². The molecule has 0 fully saturated rings. The van der Waals surface area contributed by atoms with Crippen molar-refractivity contribution in [3.05, 3.63) is 34.8 Å². The quantitative estimate of drug-likeness (QED) is 0.789. The molecule has 0 saturated heterocycles. The molecule has 0 aliphatic heterocycles. The van der Waals surface area contributed by atoms with E-state index in [-0.39, 0.29) is 17.4 Å². The van der Waals surface area contributed by atoms with Crippen molar-refractivity contribution in [3.8, 4) is 0 Å². The molecule has 2 rings (SSSR count). The average molecular weight is 294 g/mol. The molecule has 0 radical (unpaired) electrons. The minimum absolute atomic E-state index is 0.171. The van der Waals surface area contributed by atoms with Gasteiger partial charge in [0.2, 0.25) is 0 Å². The smallest absolute Gasteiger partial charge is 0.307 e. The lowest BCUT2D eigenvalue weighted by Gasteiger charge is -2.10. The van der Waals surface area contributed by atoms with Crippen LogP contribution in [0.1, 0.15) is 29.8 Å². The number of rotatable bonds is 5. The number of H-pyrrole nitrogens is 1. The highest BCUT2D eigenvalue weighted by molar-refractivity contribution is 5.89. The van der Waals surface area contributed by atoms with Crippen molar-refractivity contribution in [2.75, 3.05) is 14.1 Å². The van der Waals surface area contributed by atoms with Gasteiger partial charge in [0.25, 0.3) is 0 Å². The second-order valence-electron chi connectivity index (χ2n) is 5.46. The van der Waals surface area contributed by atoms with Crippen LogP contribution in [-0.2, 0) is 17.8 Å². The second-order valence-corrected chi connectivity index (χ2v) is 5.46. The number of aliphatic hydroxyl groups is 1. The largest absolute Gasteiger partial charge is 0.481 e. The van der Waals surface area contributed by atoms with Crippen molar-refractivity contribution in [2.24, 2.45) is 0 Å². The van der Waals surface area contributed by atoms with Crippen LogP contribution < -0.4 is 0 Å². The van der Waals surface area contributed by atoms with Gasteiger partial charge in [-0.05, 0) is 32.6 Å². The van der Waals surface area contributed by atoms with E-state index in [1.807, 2.05) is 19.0 Å². The highest BCUT2D eigenvalue weighted by Gasteiger charge is 2.21. The van der Waals surface area contributed by atoms with Crippen molar-refractivity contribution in [3.63, 3.8) is 0 Å². The van der Waals surface area contributed by atoms with Crippen molar-refractivity contribution in [2.45, 2.75) is 26.0 Å². The van der Waals surface area contributed by atoms with E-state index < -0.39 is 17.9 Å². The van der Waals surface area contributed by atoms with Gasteiger partial charge < -0.3 is 20.1 Å². The summed E-state index contributed by atoms with van der Waals surface area (Å²) in [4.78, 5) is 16.0. The van der Waals surface area contributed by atoms with Crippen molar-refractivity contribution in [1.82, 2.24) is 9.88 Å². The molecule has 21 heavy (non-hydrogen) atoms. The van der Waals surface area contributed by atoms with Crippen LogP contribution >= 0.6 is 0 Å². The van der Waals surface area contributed by atoms with Gasteiger partial charge in [0.15, 0.2) is 0 Å². The highest BCUT2D eigenvalue weighted by atomic mass is 19.1. The summed E-state index contributed by atoms with van der Waals surface area (Å²) in [7, 11) is 3.71. The third kappa shape index (κ3) is 3.06. The number of carboxylic acid groups (broad SMARTS) is 1. The van der Waals surface area contributed by atoms with Gasteiger partial charge in [0.05, 0.1) is 12.5 Å². The number of aromatic nitrogens is 1. The van der Waals surface area contributed by atoms with E-state index in [2.05, 4.69) is 4.98 Å². The lowest BCUT2D eigenvalue weighted by Crippen LogP contribution is -2.13. The summed E-state index contributed by atoms with van der Waals surface area (Å²) in [6, 6.07) is 3.19. The standard InChI is InChI=1S/C15H19FN2O3/c1-8(19)9-4-5-11-14(15(9)16)10(6-13(20)21)12(17-11)7-18(2)3/h4-5,8,17,19H,6-7H2,1-3H3,(H,20,21). The molecule has 3 N–H and O–H groups in total. The van der Waals surface area contributed by atoms with Crippen molar-refractivity contribution >= 4 is 16.9 Å². The van der Waals surface area contributed by atoms with Crippen molar-refractivity contribution in [1.29, 1.82) is 0 Å². The van der Waals surface area contributed by atoms with E-state index in [1.54, 1.807) is 6.07 Å². The number of nitrogens with one attached hydrogen (secondary N) is 1. The number of benzene rings is 1. The average Bonchev–Trinajstić information content (AvgIpc) is 2.66. The molecular formula is C15H19FN2O3. The van der Waals surface area contributed by atoms with E-state index in [9.17, 15) is 14.3 Å². The Hall–Kier alpha value is -1.92. The maximum Gasteiger partial charge on any atom is 0.307 e. The molecule has 0 aliphatic carbocycles. The van der Waals surface area contributed by atoms with Gasteiger partial charge in [0.1, 0.15) is 5.82 Å². The number of nitrogens with zero attached hydrogens (tertiary/aromatic N) is 1. The number of aliphatic carboxylic acids is 1. The Labute approximate surface area is 122 Å². The fourth-order valence-corrected chi connectivity index (χ4v) is 2.50. The first-order valence-electron chi connectivity index (χ1n) is 6.67. The van der Waals surface area contributed by atoms with E-state index in [4.69, 9.17) is 5.11 Å². The molecule has 1 heterocycles. The van der Waals surface area contributed by atoms with Gasteiger partial charge in [-0.1, -0.05) is 6.07 Å². The molecule has 0 spiro atoms. The highest BCUT2D eigenvalue weighted by Crippen LogP contribution is 2.30. The lowest BCUT2D eigenvalue weighted by molar-refractivity contribution is -0.136. The van der Waals surface area contributed by atoms with Gasteiger partial charge in [-0.25, -0.2) is 4.39 Å².